The van der Waals surface area contributed by atoms with Crippen LogP contribution in [0.1, 0.15) is 11.4 Å². The van der Waals surface area contributed by atoms with Crippen molar-refractivity contribution in [2.24, 2.45) is 0 Å². The van der Waals surface area contributed by atoms with E-state index < -0.39 is 0 Å². The van der Waals surface area contributed by atoms with Gasteiger partial charge in [0.25, 0.3) is 0 Å². The monoisotopic (exact) mass is 378 g/mol. The van der Waals surface area contributed by atoms with Gasteiger partial charge in [-0.3, -0.25) is 0 Å². The normalized spacial score (nSPS) is 12.4. The molecule has 4 rings (SSSR count). The van der Waals surface area contributed by atoms with Crippen LogP contribution in [-0.2, 0) is 6.54 Å². The summed E-state index contributed by atoms with van der Waals surface area (Å²) in [4.78, 5) is 8.94. The van der Waals surface area contributed by atoms with E-state index in [2.05, 4.69) is 20.6 Å². The van der Waals surface area contributed by atoms with Gasteiger partial charge >= 0.3 is 0 Å². The van der Waals surface area contributed by atoms with Crippen molar-refractivity contribution < 1.29 is 14.2 Å². The summed E-state index contributed by atoms with van der Waals surface area (Å²) in [5.41, 5.74) is 1.93. The molecule has 0 saturated heterocycles. The van der Waals surface area contributed by atoms with Crippen LogP contribution in [0.25, 0.3) is 0 Å². The standard InChI is InChI=1S/C21H22N4O3/c1-14-23-20(22-13-15-5-3-4-6-17(15)26-2)12-21(24-14)25-16-7-8-18-19(11-16)28-10-9-27-18/h3-8,11-12H,9-10,13H2,1-2H3,(H2,22,23,24,25). The van der Waals surface area contributed by atoms with E-state index in [1.807, 2.05) is 55.5 Å². The highest BCUT2D eigenvalue weighted by Crippen LogP contribution is 2.33. The van der Waals surface area contributed by atoms with Crippen molar-refractivity contribution in [3.8, 4) is 17.2 Å². The molecule has 0 amide bonds. The highest BCUT2D eigenvalue weighted by molar-refractivity contribution is 5.63. The van der Waals surface area contributed by atoms with Gasteiger partial charge in [0.1, 0.15) is 36.4 Å². The van der Waals surface area contributed by atoms with Crippen LogP contribution in [0, 0.1) is 6.92 Å². The van der Waals surface area contributed by atoms with Crippen LogP contribution in [0.15, 0.2) is 48.5 Å². The van der Waals surface area contributed by atoms with Crippen molar-refractivity contribution in [1.82, 2.24) is 9.97 Å². The average molecular weight is 378 g/mol. The lowest BCUT2D eigenvalue weighted by Gasteiger charge is -2.19. The van der Waals surface area contributed by atoms with E-state index in [0.717, 1.165) is 34.3 Å². The fourth-order valence-electron chi connectivity index (χ4n) is 3.03. The van der Waals surface area contributed by atoms with Gasteiger partial charge in [0.15, 0.2) is 11.5 Å². The molecular formula is C21H22N4O3. The molecule has 0 unspecified atom stereocenters. The molecular weight excluding hydrogens is 356 g/mol. The van der Waals surface area contributed by atoms with Crippen molar-refractivity contribution in [3.63, 3.8) is 0 Å². The molecule has 0 saturated carbocycles. The first-order valence-corrected chi connectivity index (χ1v) is 9.09. The minimum atomic E-state index is 0.556. The van der Waals surface area contributed by atoms with Crippen LogP contribution in [0.3, 0.4) is 0 Å². The van der Waals surface area contributed by atoms with Crippen molar-refractivity contribution >= 4 is 17.3 Å². The quantitative estimate of drug-likeness (QED) is 0.673. The summed E-state index contributed by atoms with van der Waals surface area (Å²) in [6, 6.07) is 15.5. The molecule has 0 fully saturated rings. The Morgan fingerprint density at radius 1 is 0.964 bits per heavy atom. The largest absolute Gasteiger partial charge is 0.496 e. The highest BCUT2D eigenvalue weighted by Gasteiger charge is 2.12. The van der Waals surface area contributed by atoms with Crippen molar-refractivity contribution in [3.05, 3.63) is 59.9 Å². The van der Waals surface area contributed by atoms with Crippen molar-refractivity contribution in [2.45, 2.75) is 13.5 Å². The molecule has 0 bridgehead atoms. The number of para-hydroxylation sites is 1. The molecule has 28 heavy (non-hydrogen) atoms. The van der Waals surface area contributed by atoms with Crippen LogP contribution in [0.4, 0.5) is 17.3 Å². The van der Waals surface area contributed by atoms with Crippen LogP contribution < -0.4 is 24.8 Å². The molecule has 3 aromatic rings. The lowest BCUT2D eigenvalue weighted by Crippen LogP contribution is -2.15. The van der Waals surface area contributed by atoms with Crippen LogP contribution in [0.5, 0.6) is 17.2 Å². The Bertz CT molecular complexity index is 978. The minimum Gasteiger partial charge on any atom is -0.496 e. The van der Waals surface area contributed by atoms with Crippen molar-refractivity contribution in [2.75, 3.05) is 31.0 Å². The summed E-state index contributed by atoms with van der Waals surface area (Å²) in [6.07, 6.45) is 0. The highest BCUT2D eigenvalue weighted by atomic mass is 16.6. The number of aryl methyl sites for hydroxylation is 1. The molecule has 2 heterocycles. The maximum Gasteiger partial charge on any atom is 0.163 e. The van der Waals surface area contributed by atoms with E-state index in [9.17, 15) is 0 Å². The second-order valence-electron chi connectivity index (χ2n) is 6.33. The molecule has 144 valence electrons. The number of ether oxygens (including phenoxy) is 3. The third-order valence-electron chi connectivity index (χ3n) is 4.31. The number of benzene rings is 2. The number of nitrogens with one attached hydrogen (secondary N) is 2. The lowest BCUT2D eigenvalue weighted by atomic mass is 10.2. The second-order valence-corrected chi connectivity index (χ2v) is 6.33. The molecule has 0 atom stereocenters. The van der Waals surface area contributed by atoms with Gasteiger partial charge in [0.2, 0.25) is 0 Å². The maximum atomic E-state index is 5.64. The first-order chi connectivity index (χ1) is 13.7. The lowest BCUT2D eigenvalue weighted by molar-refractivity contribution is 0.171. The van der Waals surface area contributed by atoms with Crippen molar-refractivity contribution in [1.29, 1.82) is 0 Å². The van der Waals surface area contributed by atoms with E-state index in [1.165, 1.54) is 0 Å². The number of hydrogen-bond donors (Lipinski definition) is 2. The van der Waals surface area contributed by atoms with Crippen LogP contribution >= 0.6 is 0 Å². The number of hydrogen-bond acceptors (Lipinski definition) is 7. The summed E-state index contributed by atoms with van der Waals surface area (Å²) in [5.74, 6) is 4.44. The molecule has 1 aromatic heterocycles. The zero-order valence-electron chi connectivity index (χ0n) is 15.9. The summed E-state index contributed by atoms with van der Waals surface area (Å²) < 4.78 is 16.6. The van der Waals surface area contributed by atoms with E-state index >= 15 is 0 Å². The summed E-state index contributed by atoms with van der Waals surface area (Å²) in [5, 5.41) is 6.64. The topological polar surface area (TPSA) is 77.5 Å². The molecule has 2 aromatic carbocycles. The van der Waals surface area contributed by atoms with E-state index in [4.69, 9.17) is 14.2 Å². The average Bonchev–Trinajstić information content (AvgIpc) is 2.72. The van der Waals surface area contributed by atoms with E-state index in [0.29, 0.717) is 31.4 Å². The van der Waals surface area contributed by atoms with Gasteiger partial charge in [0, 0.05) is 29.9 Å². The Morgan fingerprint density at radius 3 is 2.61 bits per heavy atom. The molecule has 1 aliphatic heterocycles. The second kappa shape index (κ2) is 8.04. The Kier molecular flexibility index (Phi) is 5.14. The third-order valence-corrected chi connectivity index (χ3v) is 4.31. The predicted octanol–water partition coefficient (Wildman–Crippen LogP) is 3.92. The zero-order valence-corrected chi connectivity index (χ0v) is 15.9. The molecule has 0 spiro atoms. The number of nitrogens with zero attached hydrogens (tertiary/aromatic N) is 2. The van der Waals surface area contributed by atoms with Crippen LogP contribution in [0.2, 0.25) is 0 Å². The molecule has 7 heteroatoms. The summed E-state index contributed by atoms with van der Waals surface area (Å²) in [6.45, 7) is 3.60. The predicted molar refractivity (Wildman–Crippen MR) is 108 cm³/mol. The minimum absolute atomic E-state index is 0.556. The number of fused-ring (bicyclic) bond motifs is 1. The Hall–Kier alpha value is -3.48. The zero-order chi connectivity index (χ0) is 19.3. The maximum absolute atomic E-state index is 5.64. The fourth-order valence-corrected chi connectivity index (χ4v) is 3.03. The van der Waals surface area contributed by atoms with Gasteiger partial charge in [-0.2, -0.15) is 0 Å². The van der Waals surface area contributed by atoms with Gasteiger partial charge in [-0.15, -0.1) is 0 Å². The number of rotatable bonds is 6. The van der Waals surface area contributed by atoms with E-state index in [-0.39, 0.29) is 0 Å². The summed E-state index contributed by atoms with van der Waals surface area (Å²) in [7, 11) is 1.67. The molecule has 0 radical (unpaired) electrons. The first-order valence-electron chi connectivity index (χ1n) is 9.09. The number of methoxy groups -OCH3 is 1. The SMILES string of the molecule is COc1ccccc1CNc1cc(Nc2ccc3c(c2)OCCO3)nc(C)n1. The molecule has 0 aliphatic carbocycles. The Morgan fingerprint density at radius 2 is 1.75 bits per heavy atom. The smallest absolute Gasteiger partial charge is 0.163 e. The first kappa shape index (κ1) is 17.9. The van der Waals surface area contributed by atoms with Gasteiger partial charge in [-0.25, -0.2) is 9.97 Å². The van der Waals surface area contributed by atoms with Crippen LogP contribution in [-0.4, -0.2) is 30.3 Å². The number of anilines is 3. The van der Waals surface area contributed by atoms with Gasteiger partial charge < -0.3 is 24.8 Å². The Balaban J connectivity index is 1.49. The van der Waals surface area contributed by atoms with E-state index in [1.54, 1.807) is 7.11 Å². The fraction of sp³-hybridized carbons (Fsp3) is 0.238. The molecule has 7 nitrogen and oxygen atoms in total. The Labute approximate surface area is 163 Å². The van der Waals surface area contributed by atoms with Gasteiger partial charge in [0.05, 0.1) is 7.11 Å². The third kappa shape index (κ3) is 4.09. The van der Waals surface area contributed by atoms with Gasteiger partial charge in [-0.1, -0.05) is 18.2 Å². The summed E-state index contributed by atoms with van der Waals surface area (Å²) >= 11 is 0. The molecule has 1 aliphatic rings. The molecule has 2 N–H and O–H groups in total. The number of aromatic nitrogens is 2. The van der Waals surface area contributed by atoms with Gasteiger partial charge in [-0.05, 0) is 25.1 Å².